The fourth-order valence-electron chi connectivity index (χ4n) is 2.83. The van der Waals surface area contributed by atoms with E-state index in [1.165, 1.54) is 5.56 Å². The molecule has 1 aromatic carbocycles. The first-order valence-electron chi connectivity index (χ1n) is 7.17. The van der Waals surface area contributed by atoms with Gasteiger partial charge in [0.25, 0.3) is 0 Å². The second-order valence-electron chi connectivity index (χ2n) is 6.79. The summed E-state index contributed by atoms with van der Waals surface area (Å²) >= 11 is 0. The highest BCUT2D eigenvalue weighted by atomic mass is 16.4. The smallest absolute Gasteiger partial charge is 0.339 e. The molecule has 21 heavy (non-hydrogen) atoms. The van der Waals surface area contributed by atoms with Crippen LogP contribution in [0.2, 0.25) is 0 Å². The molecule has 0 radical (unpaired) electrons. The van der Waals surface area contributed by atoms with E-state index in [2.05, 4.69) is 26.8 Å². The first kappa shape index (κ1) is 13.9. The molecule has 0 N–H and O–H groups in total. The van der Waals surface area contributed by atoms with Crippen LogP contribution in [0.4, 0.5) is 0 Å². The lowest BCUT2D eigenvalue weighted by Gasteiger charge is -2.17. The Bertz CT molecular complexity index is 918. The van der Waals surface area contributed by atoms with Crippen molar-refractivity contribution in [2.45, 2.75) is 47.0 Å². The van der Waals surface area contributed by atoms with E-state index in [9.17, 15) is 4.79 Å². The molecule has 3 rings (SSSR count). The van der Waals surface area contributed by atoms with E-state index in [1.54, 1.807) is 6.92 Å². The molecule has 3 nitrogen and oxygen atoms in total. The lowest BCUT2D eigenvalue weighted by atomic mass is 9.86. The monoisotopic (exact) mass is 284 g/mol. The zero-order valence-corrected chi connectivity index (χ0v) is 13.4. The number of fused-ring (bicyclic) bond motifs is 2. The number of benzene rings is 1. The Labute approximate surface area is 123 Å². The number of hydrogen-bond acceptors (Lipinski definition) is 3. The standard InChI is InChI=1S/C18H20O3/c1-9-10(2)17(19)21-16-11(3)15-13(7-12(9)16)14(8-20-15)18(4,5)6/h7-8H,1-6H3. The maximum Gasteiger partial charge on any atom is 0.339 e. The van der Waals surface area contributed by atoms with Gasteiger partial charge in [0, 0.05) is 27.5 Å². The highest BCUT2D eigenvalue weighted by Crippen LogP contribution is 2.37. The Hall–Kier alpha value is -2.03. The minimum absolute atomic E-state index is 0.00390. The summed E-state index contributed by atoms with van der Waals surface area (Å²) in [5.74, 6) is 0. The van der Waals surface area contributed by atoms with Crippen LogP contribution in [0.5, 0.6) is 0 Å². The Morgan fingerprint density at radius 1 is 0.905 bits per heavy atom. The van der Waals surface area contributed by atoms with Gasteiger partial charge in [0.15, 0.2) is 0 Å². The van der Waals surface area contributed by atoms with Crippen molar-refractivity contribution in [1.82, 2.24) is 0 Å². The minimum Gasteiger partial charge on any atom is -0.464 e. The molecule has 2 heterocycles. The van der Waals surface area contributed by atoms with Crippen molar-refractivity contribution in [2.75, 3.05) is 0 Å². The summed E-state index contributed by atoms with van der Waals surface area (Å²) in [5.41, 5.74) is 4.87. The quantitative estimate of drug-likeness (QED) is 0.559. The predicted octanol–water partition coefficient (Wildman–Crippen LogP) is 4.76. The molecule has 3 heteroatoms. The van der Waals surface area contributed by atoms with E-state index in [1.807, 2.05) is 20.1 Å². The van der Waals surface area contributed by atoms with Crippen LogP contribution in [0, 0.1) is 20.8 Å². The fourth-order valence-corrected chi connectivity index (χ4v) is 2.83. The zero-order chi connectivity index (χ0) is 15.5. The van der Waals surface area contributed by atoms with E-state index in [0.29, 0.717) is 11.1 Å². The van der Waals surface area contributed by atoms with Crippen LogP contribution < -0.4 is 5.63 Å². The molecule has 2 aromatic heterocycles. The van der Waals surface area contributed by atoms with E-state index < -0.39 is 0 Å². The molecule has 110 valence electrons. The second-order valence-corrected chi connectivity index (χ2v) is 6.79. The summed E-state index contributed by atoms with van der Waals surface area (Å²) in [4.78, 5) is 11.9. The van der Waals surface area contributed by atoms with Gasteiger partial charge in [-0.15, -0.1) is 0 Å². The van der Waals surface area contributed by atoms with Crippen molar-refractivity contribution in [3.8, 4) is 0 Å². The van der Waals surface area contributed by atoms with Crippen LogP contribution in [-0.2, 0) is 5.41 Å². The first-order valence-corrected chi connectivity index (χ1v) is 7.17. The molecule has 0 saturated heterocycles. The van der Waals surface area contributed by atoms with Gasteiger partial charge in [0.2, 0.25) is 0 Å². The van der Waals surface area contributed by atoms with Crippen LogP contribution in [-0.4, -0.2) is 0 Å². The van der Waals surface area contributed by atoms with Crippen molar-refractivity contribution >= 4 is 21.9 Å². The summed E-state index contributed by atoms with van der Waals surface area (Å²) in [6.45, 7) is 12.2. The van der Waals surface area contributed by atoms with Gasteiger partial charge in [-0.05, 0) is 37.8 Å². The number of hydrogen-bond donors (Lipinski definition) is 0. The van der Waals surface area contributed by atoms with Crippen molar-refractivity contribution in [3.05, 3.63) is 45.0 Å². The molecule has 0 aliphatic rings. The Kier molecular flexibility index (Phi) is 2.81. The number of aryl methyl sites for hydroxylation is 2. The molecule has 0 unspecified atom stereocenters. The Balaban J connectivity index is 2.55. The third-order valence-corrected chi connectivity index (χ3v) is 4.32. The van der Waals surface area contributed by atoms with Gasteiger partial charge in [-0.3, -0.25) is 0 Å². The maximum atomic E-state index is 11.9. The SMILES string of the molecule is Cc1c(C)c2cc3c(C(C)(C)C)coc3c(C)c2oc1=O. The van der Waals surface area contributed by atoms with Gasteiger partial charge in [0.1, 0.15) is 11.2 Å². The highest BCUT2D eigenvalue weighted by molar-refractivity contribution is 6.00. The van der Waals surface area contributed by atoms with E-state index in [4.69, 9.17) is 8.83 Å². The molecule has 0 spiro atoms. The van der Waals surface area contributed by atoms with Crippen LogP contribution in [0.15, 0.2) is 26.0 Å². The lowest BCUT2D eigenvalue weighted by molar-refractivity contribution is 0.546. The van der Waals surface area contributed by atoms with Crippen LogP contribution in [0.25, 0.3) is 21.9 Å². The van der Waals surface area contributed by atoms with Gasteiger partial charge >= 0.3 is 5.63 Å². The zero-order valence-electron chi connectivity index (χ0n) is 13.4. The summed E-state index contributed by atoms with van der Waals surface area (Å²) in [6, 6.07) is 2.09. The molecule has 0 aliphatic heterocycles. The molecule has 0 atom stereocenters. The largest absolute Gasteiger partial charge is 0.464 e. The van der Waals surface area contributed by atoms with Crippen LogP contribution in [0.1, 0.15) is 43.0 Å². The molecular formula is C18H20O3. The predicted molar refractivity (Wildman–Crippen MR) is 85.2 cm³/mol. The van der Waals surface area contributed by atoms with Crippen molar-refractivity contribution in [1.29, 1.82) is 0 Å². The fraction of sp³-hybridized carbons (Fsp3) is 0.389. The van der Waals surface area contributed by atoms with Gasteiger partial charge in [0.05, 0.1) is 6.26 Å². The number of furan rings is 1. The third kappa shape index (κ3) is 1.91. The average molecular weight is 284 g/mol. The van der Waals surface area contributed by atoms with E-state index in [-0.39, 0.29) is 11.0 Å². The molecule has 3 aromatic rings. The van der Waals surface area contributed by atoms with Crippen molar-refractivity contribution in [2.24, 2.45) is 0 Å². The molecular weight excluding hydrogens is 264 g/mol. The van der Waals surface area contributed by atoms with Gasteiger partial charge in [-0.25, -0.2) is 4.79 Å². The first-order chi connectivity index (χ1) is 9.71. The summed E-state index contributed by atoms with van der Waals surface area (Å²) in [5, 5.41) is 2.09. The Morgan fingerprint density at radius 2 is 1.57 bits per heavy atom. The van der Waals surface area contributed by atoms with E-state index >= 15 is 0 Å². The summed E-state index contributed by atoms with van der Waals surface area (Å²) < 4.78 is 11.3. The lowest BCUT2D eigenvalue weighted by Crippen LogP contribution is -2.10. The number of rotatable bonds is 0. The molecule has 0 aliphatic carbocycles. The molecule has 0 bridgehead atoms. The topological polar surface area (TPSA) is 43.4 Å². The van der Waals surface area contributed by atoms with Crippen LogP contribution in [0.3, 0.4) is 0 Å². The highest BCUT2D eigenvalue weighted by Gasteiger charge is 2.23. The van der Waals surface area contributed by atoms with Crippen molar-refractivity contribution < 1.29 is 8.83 Å². The van der Waals surface area contributed by atoms with Crippen molar-refractivity contribution in [3.63, 3.8) is 0 Å². The van der Waals surface area contributed by atoms with Crippen LogP contribution >= 0.6 is 0 Å². The normalized spacial score (nSPS) is 12.5. The molecule has 0 fully saturated rings. The maximum absolute atomic E-state index is 11.9. The third-order valence-electron chi connectivity index (χ3n) is 4.32. The average Bonchev–Trinajstić information content (AvgIpc) is 2.82. The molecule has 0 saturated carbocycles. The van der Waals surface area contributed by atoms with E-state index in [0.717, 1.165) is 27.5 Å². The van der Waals surface area contributed by atoms with Gasteiger partial charge in [-0.1, -0.05) is 20.8 Å². The summed E-state index contributed by atoms with van der Waals surface area (Å²) in [7, 11) is 0. The van der Waals surface area contributed by atoms with Gasteiger partial charge in [-0.2, -0.15) is 0 Å². The molecule has 0 amide bonds. The summed E-state index contributed by atoms with van der Waals surface area (Å²) in [6.07, 6.45) is 1.82. The minimum atomic E-state index is -0.273. The Morgan fingerprint density at radius 3 is 2.19 bits per heavy atom. The van der Waals surface area contributed by atoms with Gasteiger partial charge < -0.3 is 8.83 Å². The second kappa shape index (κ2) is 4.23.